The maximum atomic E-state index is 12.7. The van der Waals surface area contributed by atoms with Crippen molar-refractivity contribution in [3.05, 3.63) is 48.0 Å². The Morgan fingerprint density at radius 2 is 2.33 bits per heavy atom. The number of amides is 1. The van der Waals surface area contributed by atoms with E-state index in [4.69, 9.17) is 0 Å². The Bertz CT molecular complexity index is 604. The number of hydrogen-bond acceptors (Lipinski definition) is 4. The molecule has 1 aromatic carbocycles. The van der Waals surface area contributed by atoms with Gasteiger partial charge in [-0.15, -0.1) is 0 Å². The number of aromatic nitrogens is 3. The van der Waals surface area contributed by atoms with Crippen LogP contribution < -0.4 is 5.32 Å². The lowest BCUT2D eigenvalue weighted by molar-refractivity contribution is 0.0742. The molecule has 6 heteroatoms. The van der Waals surface area contributed by atoms with Gasteiger partial charge in [0.1, 0.15) is 12.7 Å². The van der Waals surface area contributed by atoms with E-state index in [2.05, 4.69) is 15.4 Å². The van der Waals surface area contributed by atoms with Crippen molar-refractivity contribution in [2.45, 2.75) is 19.0 Å². The van der Waals surface area contributed by atoms with Crippen LogP contribution in [0.2, 0.25) is 0 Å². The van der Waals surface area contributed by atoms with E-state index in [1.165, 1.54) is 6.33 Å². The van der Waals surface area contributed by atoms with Crippen molar-refractivity contribution in [1.82, 2.24) is 25.0 Å². The van der Waals surface area contributed by atoms with Crippen LogP contribution >= 0.6 is 0 Å². The van der Waals surface area contributed by atoms with Crippen LogP contribution in [-0.2, 0) is 6.54 Å². The van der Waals surface area contributed by atoms with Crippen LogP contribution in [0.25, 0.3) is 0 Å². The molecule has 1 atom stereocenters. The van der Waals surface area contributed by atoms with E-state index in [1.807, 2.05) is 36.2 Å². The van der Waals surface area contributed by atoms with Crippen molar-refractivity contribution in [2.24, 2.45) is 0 Å². The van der Waals surface area contributed by atoms with E-state index in [-0.39, 0.29) is 11.9 Å². The first-order valence-corrected chi connectivity index (χ1v) is 7.14. The summed E-state index contributed by atoms with van der Waals surface area (Å²) in [5, 5.41) is 7.40. The van der Waals surface area contributed by atoms with Crippen LogP contribution in [0.1, 0.15) is 22.3 Å². The quantitative estimate of drug-likeness (QED) is 0.901. The second kappa shape index (κ2) is 6.05. The summed E-state index contributed by atoms with van der Waals surface area (Å²) >= 11 is 0. The smallest absolute Gasteiger partial charge is 0.254 e. The van der Waals surface area contributed by atoms with Gasteiger partial charge in [-0.25, -0.2) is 9.67 Å². The number of carbonyl (C=O) groups is 1. The van der Waals surface area contributed by atoms with Crippen molar-refractivity contribution < 1.29 is 4.79 Å². The number of nitrogens with zero attached hydrogens (tertiary/aromatic N) is 4. The van der Waals surface area contributed by atoms with Gasteiger partial charge in [-0.2, -0.15) is 5.10 Å². The van der Waals surface area contributed by atoms with Gasteiger partial charge >= 0.3 is 0 Å². The van der Waals surface area contributed by atoms with Crippen LogP contribution in [0.3, 0.4) is 0 Å². The molecule has 1 aliphatic heterocycles. The summed E-state index contributed by atoms with van der Waals surface area (Å²) in [4.78, 5) is 18.5. The summed E-state index contributed by atoms with van der Waals surface area (Å²) in [6, 6.07) is 7.97. The highest BCUT2D eigenvalue weighted by Crippen LogP contribution is 2.16. The summed E-state index contributed by atoms with van der Waals surface area (Å²) in [6.07, 6.45) is 4.17. The molecule has 3 rings (SSSR count). The van der Waals surface area contributed by atoms with Gasteiger partial charge in [0.15, 0.2) is 0 Å². The zero-order chi connectivity index (χ0) is 14.7. The van der Waals surface area contributed by atoms with Crippen LogP contribution in [0.5, 0.6) is 0 Å². The van der Waals surface area contributed by atoms with Gasteiger partial charge in [-0.05, 0) is 24.6 Å². The highest BCUT2D eigenvalue weighted by Gasteiger charge is 2.25. The van der Waals surface area contributed by atoms with E-state index in [0.717, 1.165) is 30.6 Å². The first-order valence-electron chi connectivity index (χ1n) is 7.14. The first-order chi connectivity index (χ1) is 10.3. The lowest BCUT2D eigenvalue weighted by Crippen LogP contribution is -2.38. The Hall–Kier alpha value is -2.21. The number of likely N-dealkylation sites (N-methyl/N-ethyl adjacent to an activating group) is 1. The zero-order valence-electron chi connectivity index (χ0n) is 12.1. The maximum Gasteiger partial charge on any atom is 0.254 e. The summed E-state index contributed by atoms with van der Waals surface area (Å²) in [5.41, 5.74) is 1.70. The molecule has 110 valence electrons. The van der Waals surface area contributed by atoms with E-state index in [0.29, 0.717) is 6.54 Å². The van der Waals surface area contributed by atoms with Crippen LogP contribution in [0.4, 0.5) is 0 Å². The van der Waals surface area contributed by atoms with Gasteiger partial charge in [0, 0.05) is 25.2 Å². The third-order valence-corrected chi connectivity index (χ3v) is 3.95. The Kier molecular flexibility index (Phi) is 3.96. The minimum atomic E-state index is 0.0689. The highest BCUT2D eigenvalue weighted by atomic mass is 16.2. The monoisotopic (exact) mass is 285 g/mol. The molecule has 1 aliphatic rings. The summed E-state index contributed by atoms with van der Waals surface area (Å²) in [7, 11) is 1.88. The van der Waals surface area contributed by atoms with Gasteiger partial charge in [0.2, 0.25) is 0 Å². The van der Waals surface area contributed by atoms with Crippen molar-refractivity contribution in [3.63, 3.8) is 0 Å². The van der Waals surface area contributed by atoms with Crippen molar-refractivity contribution >= 4 is 5.91 Å². The molecule has 21 heavy (non-hydrogen) atoms. The fourth-order valence-electron chi connectivity index (χ4n) is 2.68. The molecule has 0 bridgehead atoms. The second-order valence-electron chi connectivity index (χ2n) is 5.31. The molecule has 1 fully saturated rings. The summed E-state index contributed by atoms with van der Waals surface area (Å²) in [5.74, 6) is 0.0689. The SMILES string of the molecule is CN(C(=O)c1ccccc1Cn1cncn1)[C@H]1CCNC1. The van der Waals surface area contributed by atoms with Gasteiger partial charge in [0.25, 0.3) is 5.91 Å². The maximum absolute atomic E-state index is 12.7. The Labute approximate surface area is 123 Å². The minimum absolute atomic E-state index is 0.0689. The van der Waals surface area contributed by atoms with Gasteiger partial charge in [0.05, 0.1) is 6.54 Å². The molecule has 2 heterocycles. The van der Waals surface area contributed by atoms with Gasteiger partial charge in [-0.3, -0.25) is 4.79 Å². The predicted molar refractivity (Wildman–Crippen MR) is 78.9 cm³/mol. The third-order valence-electron chi connectivity index (χ3n) is 3.95. The van der Waals surface area contributed by atoms with Crippen LogP contribution in [0.15, 0.2) is 36.9 Å². The number of benzene rings is 1. The first kappa shape index (κ1) is 13.8. The Morgan fingerprint density at radius 3 is 3.05 bits per heavy atom. The number of rotatable bonds is 4. The zero-order valence-corrected chi connectivity index (χ0v) is 12.1. The molecule has 1 amide bonds. The minimum Gasteiger partial charge on any atom is -0.337 e. The molecular weight excluding hydrogens is 266 g/mol. The fourth-order valence-corrected chi connectivity index (χ4v) is 2.68. The molecule has 2 aromatic rings. The van der Waals surface area contributed by atoms with Crippen LogP contribution in [-0.4, -0.2) is 51.8 Å². The average molecular weight is 285 g/mol. The summed E-state index contributed by atoms with van der Waals surface area (Å²) < 4.78 is 1.73. The Balaban J connectivity index is 1.82. The van der Waals surface area contributed by atoms with Crippen molar-refractivity contribution in [2.75, 3.05) is 20.1 Å². The Morgan fingerprint density at radius 1 is 1.48 bits per heavy atom. The van der Waals surface area contributed by atoms with Crippen molar-refractivity contribution in [3.8, 4) is 0 Å². The molecule has 0 saturated carbocycles. The molecular formula is C15H19N5O. The van der Waals surface area contributed by atoms with E-state index >= 15 is 0 Å². The number of carbonyl (C=O) groups excluding carboxylic acids is 1. The molecule has 6 nitrogen and oxygen atoms in total. The molecule has 1 aromatic heterocycles. The van der Waals surface area contributed by atoms with Gasteiger partial charge < -0.3 is 10.2 Å². The lowest BCUT2D eigenvalue weighted by atomic mass is 10.1. The molecule has 0 aliphatic carbocycles. The standard InChI is InChI=1S/C15H19N5O/c1-19(13-6-7-16-8-13)15(21)14-5-3-2-4-12(14)9-20-11-17-10-18-20/h2-5,10-11,13,16H,6-9H2,1H3/t13-/m0/s1. The van der Waals surface area contributed by atoms with E-state index in [9.17, 15) is 4.79 Å². The highest BCUT2D eigenvalue weighted by molar-refractivity contribution is 5.95. The largest absolute Gasteiger partial charge is 0.337 e. The summed E-state index contributed by atoms with van der Waals surface area (Å²) in [6.45, 7) is 2.40. The third kappa shape index (κ3) is 2.95. The van der Waals surface area contributed by atoms with Crippen molar-refractivity contribution in [1.29, 1.82) is 0 Å². The molecule has 0 unspecified atom stereocenters. The van der Waals surface area contributed by atoms with Crippen LogP contribution in [0, 0.1) is 0 Å². The topological polar surface area (TPSA) is 63.1 Å². The molecule has 1 saturated heterocycles. The second-order valence-corrected chi connectivity index (χ2v) is 5.31. The lowest BCUT2D eigenvalue weighted by Gasteiger charge is -2.24. The average Bonchev–Trinajstić information content (AvgIpc) is 3.19. The van der Waals surface area contributed by atoms with Gasteiger partial charge in [-0.1, -0.05) is 18.2 Å². The molecule has 1 N–H and O–H groups in total. The number of nitrogens with one attached hydrogen (secondary N) is 1. The fraction of sp³-hybridized carbons (Fsp3) is 0.400. The number of hydrogen-bond donors (Lipinski definition) is 1. The van der Waals surface area contributed by atoms with E-state index < -0.39 is 0 Å². The predicted octanol–water partition coefficient (Wildman–Crippen LogP) is 0.760. The molecule has 0 spiro atoms. The van der Waals surface area contributed by atoms with E-state index in [1.54, 1.807) is 11.0 Å². The molecule has 0 radical (unpaired) electrons. The normalized spacial score (nSPS) is 17.9.